The number of nitriles is 1. The third kappa shape index (κ3) is 2.58. The number of nitrogens with zero attached hydrogens (tertiary/aromatic N) is 2. The zero-order chi connectivity index (χ0) is 16.4. The van der Waals surface area contributed by atoms with Crippen LogP contribution in [-0.2, 0) is 0 Å². The molecule has 0 aliphatic heterocycles. The van der Waals surface area contributed by atoms with Crippen molar-refractivity contribution in [3.8, 4) is 6.07 Å². The lowest BCUT2D eigenvalue weighted by molar-refractivity contribution is 0.513. The van der Waals surface area contributed by atoms with E-state index in [-0.39, 0.29) is 22.7 Å². The van der Waals surface area contributed by atoms with Crippen LogP contribution in [0.25, 0.3) is 22.2 Å². The van der Waals surface area contributed by atoms with Gasteiger partial charge in [0.2, 0.25) is 0 Å². The van der Waals surface area contributed by atoms with Gasteiger partial charge in [-0.25, -0.2) is 4.98 Å². The molecular formula is C18H13N3O2. The van der Waals surface area contributed by atoms with Gasteiger partial charge in [0.1, 0.15) is 17.4 Å². The molecule has 0 bridgehead atoms. The third-order valence-corrected chi connectivity index (χ3v) is 3.60. The minimum Gasteiger partial charge on any atom is -0.506 e. The number of H-pyrrole nitrogens is 1. The molecule has 0 aliphatic rings. The number of aliphatic hydroxyl groups is 1. The number of aliphatic hydroxyl groups excluding tert-OH is 1. The average molecular weight is 303 g/mol. The van der Waals surface area contributed by atoms with Crippen molar-refractivity contribution < 1.29 is 5.11 Å². The quantitative estimate of drug-likeness (QED) is 0.562. The number of allylic oxidation sites excluding steroid dienone is 1. The number of benzene rings is 2. The summed E-state index contributed by atoms with van der Waals surface area (Å²) in [5.41, 5.74) is 1.40. The molecule has 23 heavy (non-hydrogen) atoms. The van der Waals surface area contributed by atoms with E-state index in [9.17, 15) is 15.2 Å². The van der Waals surface area contributed by atoms with Crippen molar-refractivity contribution in [2.24, 2.45) is 0 Å². The zero-order valence-corrected chi connectivity index (χ0v) is 12.4. The summed E-state index contributed by atoms with van der Waals surface area (Å²) in [4.78, 5) is 19.0. The molecule has 5 heteroatoms. The Labute approximate surface area is 132 Å². The zero-order valence-electron chi connectivity index (χ0n) is 12.4. The topological polar surface area (TPSA) is 89.8 Å². The van der Waals surface area contributed by atoms with E-state index in [0.29, 0.717) is 16.5 Å². The van der Waals surface area contributed by atoms with E-state index in [1.54, 1.807) is 36.4 Å². The largest absolute Gasteiger partial charge is 0.506 e. The summed E-state index contributed by atoms with van der Waals surface area (Å²) in [5.74, 6) is -0.152. The summed E-state index contributed by atoms with van der Waals surface area (Å²) < 4.78 is 0. The second kappa shape index (κ2) is 5.78. The first kappa shape index (κ1) is 14.5. The molecule has 0 aliphatic carbocycles. The Morgan fingerprint density at radius 2 is 1.87 bits per heavy atom. The van der Waals surface area contributed by atoms with Crippen molar-refractivity contribution in [3.63, 3.8) is 0 Å². The first-order valence-electron chi connectivity index (χ1n) is 7.00. The Morgan fingerprint density at radius 1 is 1.17 bits per heavy atom. The molecule has 2 aromatic carbocycles. The third-order valence-electron chi connectivity index (χ3n) is 3.60. The number of nitrogens with one attached hydrogen (secondary N) is 1. The first-order valence-corrected chi connectivity index (χ1v) is 7.00. The molecule has 1 aromatic heterocycles. The second-order valence-corrected chi connectivity index (χ2v) is 5.08. The molecular weight excluding hydrogens is 290 g/mol. The predicted octanol–water partition coefficient (Wildman–Crippen LogP) is 3.18. The Morgan fingerprint density at radius 3 is 2.61 bits per heavy atom. The van der Waals surface area contributed by atoms with Gasteiger partial charge in [-0.15, -0.1) is 0 Å². The van der Waals surface area contributed by atoms with Crippen LogP contribution in [0.15, 0.2) is 53.3 Å². The summed E-state index contributed by atoms with van der Waals surface area (Å²) in [6, 6.07) is 15.9. The van der Waals surface area contributed by atoms with Gasteiger partial charge < -0.3 is 10.1 Å². The summed E-state index contributed by atoms with van der Waals surface area (Å²) in [7, 11) is 0. The number of hydrogen-bond donors (Lipinski definition) is 2. The highest BCUT2D eigenvalue weighted by Gasteiger charge is 2.15. The lowest BCUT2D eigenvalue weighted by Crippen LogP contribution is -2.11. The fourth-order valence-corrected chi connectivity index (χ4v) is 2.40. The SMILES string of the molecule is Cc1ccccc1C(O)=C(C#N)c1nc2ccccc2c(=O)[nH]1. The Hall–Kier alpha value is -3.39. The van der Waals surface area contributed by atoms with Gasteiger partial charge in [0.15, 0.2) is 5.82 Å². The van der Waals surface area contributed by atoms with E-state index in [1.165, 1.54) is 0 Å². The smallest absolute Gasteiger partial charge is 0.259 e. The summed E-state index contributed by atoms with van der Waals surface area (Å²) in [6.07, 6.45) is 0. The number of aromatic amines is 1. The molecule has 3 rings (SSSR count). The molecule has 0 saturated heterocycles. The highest BCUT2D eigenvalue weighted by Crippen LogP contribution is 2.24. The minimum absolute atomic E-state index is 0.0527. The van der Waals surface area contributed by atoms with Crippen LogP contribution in [0.2, 0.25) is 0 Å². The number of aromatic nitrogens is 2. The number of hydrogen-bond acceptors (Lipinski definition) is 4. The van der Waals surface area contributed by atoms with E-state index in [4.69, 9.17) is 0 Å². The van der Waals surface area contributed by atoms with Crippen LogP contribution >= 0.6 is 0 Å². The van der Waals surface area contributed by atoms with E-state index in [1.807, 2.05) is 25.1 Å². The fraction of sp³-hybridized carbons (Fsp3) is 0.0556. The van der Waals surface area contributed by atoms with Crippen molar-refractivity contribution in [3.05, 3.63) is 75.8 Å². The molecule has 0 fully saturated rings. The molecule has 0 unspecified atom stereocenters. The van der Waals surface area contributed by atoms with Crippen LogP contribution in [-0.4, -0.2) is 15.1 Å². The van der Waals surface area contributed by atoms with Gasteiger partial charge in [0, 0.05) is 5.56 Å². The van der Waals surface area contributed by atoms with E-state index in [0.717, 1.165) is 5.56 Å². The molecule has 0 radical (unpaired) electrons. The number of aryl methyl sites for hydroxylation is 1. The second-order valence-electron chi connectivity index (χ2n) is 5.08. The van der Waals surface area contributed by atoms with Gasteiger partial charge >= 0.3 is 0 Å². The summed E-state index contributed by atoms with van der Waals surface area (Å²) >= 11 is 0. The van der Waals surface area contributed by atoms with Crippen LogP contribution < -0.4 is 5.56 Å². The van der Waals surface area contributed by atoms with Gasteiger partial charge in [-0.2, -0.15) is 5.26 Å². The van der Waals surface area contributed by atoms with Gasteiger partial charge in [0.25, 0.3) is 5.56 Å². The first-order chi connectivity index (χ1) is 11.1. The normalized spacial score (nSPS) is 11.8. The Balaban J connectivity index is 2.27. The maximum Gasteiger partial charge on any atom is 0.259 e. The van der Waals surface area contributed by atoms with Crippen LogP contribution in [0, 0.1) is 18.3 Å². The van der Waals surface area contributed by atoms with Crippen LogP contribution in [0.1, 0.15) is 17.0 Å². The van der Waals surface area contributed by atoms with Crippen molar-refractivity contribution in [1.82, 2.24) is 9.97 Å². The predicted molar refractivity (Wildman–Crippen MR) is 88.6 cm³/mol. The van der Waals surface area contributed by atoms with Crippen molar-refractivity contribution in [2.75, 3.05) is 0 Å². The van der Waals surface area contributed by atoms with Crippen LogP contribution in [0.3, 0.4) is 0 Å². The minimum atomic E-state index is -0.351. The van der Waals surface area contributed by atoms with Crippen molar-refractivity contribution in [2.45, 2.75) is 6.92 Å². The lowest BCUT2D eigenvalue weighted by atomic mass is 10.0. The van der Waals surface area contributed by atoms with Gasteiger partial charge in [0.05, 0.1) is 10.9 Å². The van der Waals surface area contributed by atoms with Crippen molar-refractivity contribution in [1.29, 1.82) is 5.26 Å². The molecule has 3 aromatic rings. The molecule has 112 valence electrons. The molecule has 0 amide bonds. The van der Waals surface area contributed by atoms with E-state index in [2.05, 4.69) is 9.97 Å². The van der Waals surface area contributed by atoms with E-state index < -0.39 is 0 Å². The molecule has 0 spiro atoms. The highest BCUT2D eigenvalue weighted by atomic mass is 16.3. The summed E-state index contributed by atoms with van der Waals surface area (Å²) in [6.45, 7) is 1.83. The van der Waals surface area contributed by atoms with Gasteiger partial charge in [-0.1, -0.05) is 36.4 Å². The molecule has 2 N–H and O–H groups in total. The molecule has 5 nitrogen and oxygen atoms in total. The van der Waals surface area contributed by atoms with E-state index >= 15 is 0 Å². The van der Waals surface area contributed by atoms with Gasteiger partial charge in [-0.05, 0) is 24.6 Å². The molecule has 0 atom stereocenters. The maximum atomic E-state index is 12.1. The van der Waals surface area contributed by atoms with Crippen molar-refractivity contribution >= 4 is 22.2 Å². The number of para-hydroxylation sites is 1. The molecule has 0 saturated carbocycles. The number of fused-ring (bicyclic) bond motifs is 1. The monoisotopic (exact) mass is 303 g/mol. The average Bonchev–Trinajstić information content (AvgIpc) is 2.56. The molecule has 1 heterocycles. The summed E-state index contributed by atoms with van der Waals surface area (Å²) in [5, 5.41) is 20.3. The Kier molecular flexibility index (Phi) is 3.65. The number of rotatable bonds is 2. The fourth-order valence-electron chi connectivity index (χ4n) is 2.40. The lowest BCUT2D eigenvalue weighted by Gasteiger charge is -2.07. The Bertz CT molecular complexity index is 1030. The van der Waals surface area contributed by atoms with Gasteiger partial charge in [-0.3, -0.25) is 4.79 Å². The maximum absolute atomic E-state index is 12.1. The van der Waals surface area contributed by atoms with Crippen LogP contribution in [0.5, 0.6) is 0 Å². The standard InChI is InChI=1S/C18H13N3O2/c1-11-6-2-3-7-12(11)16(22)14(10-19)17-20-15-9-5-4-8-13(15)18(23)21-17/h2-9,22H,1H3,(H,20,21,23). The highest BCUT2D eigenvalue weighted by molar-refractivity contribution is 5.93. The van der Waals surface area contributed by atoms with Crippen LogP contribution in [0.4, 0.5) is 0 Å².